The van der Waals surface area contributed by atoms with Gasteiger partial charge in [0, 0.05) is 26.2 Å². The zero-order valence-corrected chi connectivity index (χ0v) is 14.3. The van der Waals surface area contributed by atoms with Crippen molar-refractivity contribution in [2.75, 3.05) is 32.7 Å². The van der Waals surface area contributed by atoms with Crippen LogP contribution in [0, 0.1) is 0 Å². The minimum absolute atomic E-state index is 0.274. The number of carbonyl (C=O) groups excluding carboxylic acids is 2. The Balaban J connectivity index is 2.54. The van der Waals surface area contributed by atoms with Crippen molar-refractivity contribution in [3.05, 3.63) is 0 Å². The van der Waals surface area contributed by atoms with Gasteiger partial charge < -0.3 is 25.0 Å². The van der Waals surface area contributed by atoms with Gasteiger partial charge in [-0.05, 0) is 27.3 Å². The molecule has 8 nitrogen and oxygen atoms in total. The third-order valence-corrected chi connectivity index (χ3v) is 3.54. The number of rotatable bonds is 5. The van der Waals surface area contributed by atoms with Gasteiger partial charge in [-0.2, -0.15) is 0 Å². The van der Waals surface area contributed by atoms with E-state index in [0.29, 0.717) is 13.1 Å². The van der Waals surface area contributed by atoms with Crippen LogP contribution in [0.2, 0.25) is 0 Å². The average Bonchev–Trinajstić information content (AvgIpc) is 2.44. The molecule has 0 saturated carbocycles. The van der Waals surface area contributed by atoms with E-state index >= 15 is 0 Å². The van der Waals surface area contributed by atoms with Crippen LogP contribution < -0.4 is 5.32 Å². The number of likely N-dealkylation sites (N-methyl/N-ethyl adjacent to an activating group) is 1. The molecule has 0 aromatic rings. The zero-order valence-electron chi connectivity index (χ0n) is 14.3. The molecule has 0 unspecified atom stereocenters. The molecule has 1 aliphatic rings. The third kappa shape index (κ3) is 6.85. The molecule has 0 aromatic heterocycles. The smallest absolute Gasteiger partial charge is 0.408 e. The fourth-order valence-electron chi connectivity index (χ4n) is 2.27. The van der Waals surface area contributed by atoms with Gasteiger partial charge in [-0.1, -0.05) is 6.92 Å². The van der Waals surface area contributed by atoms with Crippen molar-refractivity contribution in [3.63, 3.8) is 0 Å². The molecular formula is C15H27N3O5. The molecule has 2 amide bonds. The van der Waals surface area contributed by atoms with Gasteiger partial charge in [-0.25, -0.2) is 9.59 Å². The lowest BCUT2D eigenvalue weighted by Crippen LogP contribution is -2.51. The van der Waals surface area contributed by atoms with Gasteiger partial charge in [0.1, 0.15) is 11.6 Å². The van der Waals surface area contributed by atoms with E-state index in [9.17, 15) is 19.5 Å². The highest BCUT2D eigenvalue weighted by Gasteiger charge is 2.29. The Kier molecular flexibility index (Phi) is 6.80. The fourth-order valence-corrected chi connectivity index (χ4v) is 2.27. The van der Waals surface area contributed by atoms with Gasteiger partial charge in [-0.15, -0.1) is 0 Å². The van der Waals surface area contributed by atoms with E-state index in [4.69, 9.17) is 4.74 Å². The number of alkyl carbamates (subject to hydrolysis) is 1. The molecule has 0 aliphatic carbocycles. The number of hydrogen-bond donors (Lipinski definition) is 2. The summed E-state index contributed by atoms with van der Waals surface area (Å²) in [5.74, 6) is -1.53. The van der Waals surface area contributed by atoms with Gasteiger partial charge in [0.15, 0.2) is 0 Å². The summed E-state index contributed by atoms with van der Waals surface area (Å²) in [6.45, 7) is 10.7. The first-order chi connectivity index (χ1) is 10.6. The topological polar surface area (TPSA) is 99.2 Å². The van der Waals surface area contributed by atoms with Crippen LogP contribution in [0.25, 0.3) is 0 Å². The molecule has 1 atom stereocenters. The van der Waals surface area contributed by atoms with Crippen LogP contribution >= 0.6 is 0 Å². The SMILES string of the molecule is CCN1CCN(C(=O)C[C@H](NC(=O)OC(C)(C)C)C(=O)O)CC1. The Morgan fingerprint density at radius 1 is 1.17 bits per heavy atom. The first-order valence-corrected chi connectivity index (χ1v) is 7.85. The number of hydrogen-bond acceptors (Lipinski definition) is 5. The molecule has 8 heteroatoms. The Bertz CT molecular complexity index is 439. The van der Waals surface area contributed by atoms with E-state index < -0.39 is 23.7 Å². The summed E-state index contributed by atoms with van der Waals surface area (Å²) in [7, 11) is 0. The van der Waals surface area contributed by atoms with Crippen molar-refractivity contribution in [1.82, 2.24) is 15.1 Å². The van der Waals surface area contributed by atoms with Crippen LogP contribution in [-0.2, 0) is 14.3 Å². The number of carbonyl (C=O) groups is 3. The van der Waals surface area contributed by atoms with E-state index in [1.165, 1.54) is 0 Å². The molecule has 0 bridgehead atoms. The number of nitrogens with zero attached hydrogens (tertiary/aromatic N) is 2. The van der Waals surface area contributed by atoms with Gasteiger partial charge in [0.2, 0.25) is 5.91 Å². The Morgan fingerprint density at radius 2 is 1.74 bits per heavy atom. The largest absolute Gasteiger partial charge is 0.480 e. The van der Waals surface area contributed by atoms with E-state index in [0.717, 1.165) is 19.6 Å². The van der Waals surface area contributed by atoms with Crippen LogP contribution in [0.15, 0.2) is 0 Å². The molecule has 1 heterocycles. The second-order valence-electron chi connectivity index (χ2n) is 6.56. The number of piperazine rings is 1. The summed E-state index contributed by atoms with van der Waals surface area (Å²) in [5.41, 5.74) is -0.729. The molecule has 1 aliphatic heterocycles. The number of carboxylic acids is 1. The minimum Gasteiger partial charge on any atom is -0.480 e. The normalized spacial score (nSPS) is 17.5. The molecule has 0 radical (unpaired) electrons. The summed E-state index contributed by atoms with van der Waals surface area (Å²) in [4.78, 5) is 39.0. The molecule has 0 spiro atoms. The molecule has 23 heavy (non-hydrogen) atoms. The number of aliphatic carboxylic acids is 1. The van der Waals surface area contributed by atoms with Gasteiger partial charge >= 0.3 is 12.1 Å². The Labute approximate surface area is 136 Å². The third-order valence-electron chi connectivity index (χ3n) is 3.54. The number of carboxylic acid groups (broad SMARTS) is 1. The molecule has 1 fully saturated rings. The number of nitrogens with one attached hydrogen (secondary N) is 1. The summed E-state index contributed by atoms with van der Waals surface area (Å²) < 4.78 is 5.03. The first kappa shape index (κ1) is 19.2. The summed E-state index contributed by atoms with van der Waals surface area (Å²) in [5, 5.41) is 11.4. The lowest BCUT2D eigenvalue weighted by molar-refractivity contribution is -0.144. The van der Waals surface area contributed by atoms with Gasteiger partial charge in [0.05, 0.1) is 6.42 Å². The van der Waals surface area contributed by atoms with Crippen LogP contribution in [-0.4, -0.2) is 77.2 Å². The van der Waals surface area contributed by atoms with E-state index in [1.54, 1.807) is 25.7 Å². The first-order valence-electron chi connectivity index (χ1n) is 7.85. The molecule has 2 N–H and O–H groups in total. The van der Waals surface area contributed by atoms with Crippen molar-refractivity contribution in [3.8, 4) is 0 Å². The second-order valence-corrected chi connectivity index (χ2v) is 6.56. The number of ether oxygens (including phenoxy) is 1. The standard InChI is InChI=1S/C15H27N3O5/c1-5-17-6-8-18(9-7-17)12(19)10-11(13(20)21)16-14(22)23-15(2,3)4/h11H,5-10H2,1-4H3,(H,16,22)(H,20,21)/t11-/m0/s1. The molecule has 132 valence electrons. The molecule has 0 aromatic carbocycles. The van der Waals surface area contributed by atoms with E-state index in [1.807, 2.05) is 0 Å². The highest BCUT2D eigenvalue weighted by molar-refractivity contribution is 5.87. The quantitative estimate of drug-likeness (QED) is 0.763. The predicted molar refractivity (Wildman–Crippen MR) is 84.1 cm³/mol. The summed E-state index contributed by atoms with van der Waals surface area (Å²) in [6.07, 6.45) is -1.12. The van der Waals surface area contributed by atoms with Crippen molar-refractivity contribution in [2.24, 2.45) is 0 Å². The fraction of sp³-hybridized carbons (Fsp3) is 0.800. The second kappa shape index (κ2) is 8.14. The van der Waals surface area contributed by atoms with Gasteiger partial charge in [-0.3, -0.25) is 4.79 Å². The highest BCUT2D eigenvalue weighted by atomic mass is 16.6. The van der Waals surface area contributed by atoms with Crippen molar-refractivity contribution in [1.29, 1.82) is 0 Å². The van der Waals surface area contributed by atoms with Gasteiger partial charge in [0.25, 0.3) is 0 Å². The van der Waals surface area contributed by atoms with Crippen molar-refractivity contribution in [2.45, 2.75) is 45.8 Å². The maximum Gasteiger partial charge on any atom is 0.408 e. The van der Waals surface area contributed by atoms with Crippen LogP contribution in [0.4, 0.5) is 4.79 Å². The van der Waals surface area contributed by atoms with E-state index in [-0.39, 0.29) is 12.3 Å². The molecule has 1 rings (SSSR count). The highest BCUT2D eigenvalue weighted by Crippen LogP contribution is 2.09. The van der Waals surface area contributed by atoms with Crippen LogP contribution in [0.5, 0.6) is 0 Å². The van der Waals surface area contributed by atoms with E-state index in [2.05, 4.69) is 17.1 Å². The Morgan fingerprint density at radius 3 is 2.17 bits per heavy atom. The lowest BCUT2D eigenvalue weighted by atomic mass is 10.1. The van der Waals surface area contributed by atoms with Crippen LogP contribution in [0.3, 0.4) is 0 Å². The minimum atomic E-state index is -1.29. The zero-order chi connectivity index (χ0) is 17.6. The maximum absolute atomic E-state index is 12.2. The monoisotopic (exact) mass is 329 g/mol. The molecule has 1 saturated heterocycles. The number of amides is 2. The maximum atomic E-state index is 12.2. The summed E-state index contributed by atoms with van der Waals surface area (Å²) in [6, 6.07) is -1.29. The van der Waals surface area contributed by atoms with Crippen molar-refractivity contribution >= 4 is 18.0 Å². The lowest BCUT2D eigenvalue weighted by Gasteiger charge is -2.34. The predicted octanol–water partition coefficient (Wildman–Crippen LogP) is 0.519. The summed E-state index contributed by atoms with van der Waals surface area (Å²) >= 11 is 0. The van der Waals surface area contributed by atoms with Crippen LogP contribution in [0.1, 0.15) is 34.1 Å². The Hall–Kier alpha value is -1.83. The molecular weight excluding hydrogens is 302 g/mol. The average molecular weight is 329 g/mol. The van der Waals surface area contributed by atoms with Crippen molar-refractivity contribution < 1.29 is 24.2 Å².